The molecule has 0 unspecified atom stereocenters. The molecule has 2 aromatic rings. The van der Waals surface area contributed by atoms with Gasteiger partial charge >= 0.3 is 0 Å². The van der Waals surface area contributed by atoms with Crippen molar-refractivity contribution >= 4 is 5.69 Å². The van der Waals surface area contributed by atoms with Crippen LogP contribution in [-0.4, -0.2) is 14.9 Å². The minimum atomic E-state index is -0.438. The lowest BCUT2D eigenvalue weighted by atomic mass is 10.0. The summed E-state index contributed by atoms with van der Waals surface area (Å²) in [6, 6.07) is 6.25. The average Bonchev–Trinajstić information content (AvgIpc) is 2.43. The molecule has 6 nitrogen and oxygen atoms in total. The zero-order valence-corrected chi connectivity index (χ0v) is 12.0. The van der Waals surface area contributed by atoms with Gasteiger partial charge in [-0.25, -0.2) is 4.98 Å². The van der Waals surface area contributed by atoms with Crippen molar-refractivity contribution in [3.05, 3.63) is 67.4 Å². The average molecular weight is 287 g/mol. The van der Waals surface area contributed by atoms with Gasteiger partial charge in [0.1, 0.15) is 5.82 Å². The van der Waals surface area contributed by atoms with Crippen molar-refractivity contribution in [1.82, 2.24) is 9.97 Å². The lowest BCUT2D eigenvalue weighted by molar-refractivity contribution is -0.384. The monoisotopic (exact) mass is 287 g/mol. The SMILES string of the molecule is CCCc1nc(C)[nH]c(=O)c1Cc1ccc([N+](=O)[O-])cc1. The van der Waals surface area contributed by atoms with Crippen LogP contribution in [0.2, 0.25) is 0 Å². The molecule has 0 aliphatic carbocycles. The lowest BCUT2D eigenvalue weighted by Crippen LogP contribution is -2.19. The Bertz CT molecular complexity index is 705. The van der Waals surface area contributed by atoms with Crippen molar-refractivity contribution in [3.8, 4) is 0 Å². The van der Waals surface area contributed by atoms with Crippen molar-refractivity contribution in [2.24, 2.45) is 0 Å². The molecule has 0 bridgehead atoms. The summed E-state index contributed by atoms with van der Waals surface area (Å²) in [5, 5.41) is 10.6. The Kier molecular flexibility index (Phi) is 4.47. The summed E-state index contributed by atoms with van der Waals surface area (Å²) in [6.07, 6.45) is 2.08. The van der Waals surface area contributed by atoms with Gasteiger partial charge in [-0.2, -0.15) is 0 Å². The number of nitrogens with one attached hydrogen (secondary N) is 1. The number of nitro groups is 1. The first-order valence-electron chi connectivity index (χ1n) is 6.83. The molecule has 110 valence electrons. The van der Waals surface area contributed by atoms with E-state index in [4.69, 9.17) is 0 Å². The standard InChI is InChI=1S/C15H17N3O3/c1-3-4-14-13(15(19)17-10(2)16-14)9-11-5-7-12(8-6-11)18(20)21/h5-8H,3-4,9H2,1-2H3,(H,16,17,19). The number of hydrogen-bond acceptors (Lipinski definition) is 4. The van der Waals surface area contributed by atoms with Crippen LogP contribution in [0.25, 0.3) is 0 Å². The summed E-state index contributed by atoms with van der Waals surface area (Å²) in [5.74, 6) is 0.607. The topological polar surface area (TPSA) is 88.9 Å². The summed E-state index contributed by atoms with van der Waals surface area (Å²) in [7, 11) is 0. The van der Waals surface area contributed by atoms with Gasteiger partial charge in [-0.15, -0.1) is 0 Å². The minimum Gasteiger partial charge on any atom is -0.311 e. The number of rotatable bonds is 5. The zero-order chi connectivity index (χ0) is 15.4. The predicted octanol–water partition coefficient (Wildman–Crippen LogP) is 2.53. The van der Waals surface area contributed by atoms with Crippen LogP contribution in [-0.2, 0) is 12.8 Å². The zero-order valence-electron chi connectivity index (χ0n) is 12.0. The van der Waals surface area contributed by atoms with E-state index in [-0.39, 0.29) is 11.2 Å². The molecule has 2 rings (SSSR count). The Hall–Kier alpha value is -2.50. The highest BCUT2D eigenvalue weighted by Crippen LogP contribution is 2.15. The Morgan fingerprint density at radius 2 is 1.95 bits per heavy atom. The van der Waals surface area contributed by atoms with Gasteiger partial charge in [0, 0.05) is 24.1 Å². The molecule has 0 atom stereocenters. The van der Waals surface area contributed by atoms with Gasteiger partial charge in [0.2, 0.25) is 0 Å². The maximum atomic E-state index is 12.1. The molecule has 6 heteroatoms. The van der Waals surface area contributed by atoms with Crippen molar-refractivity contribution in [3.63, 3.8) is 0 Å². The highest BCUT2D eigenvalue weighted by atomic mass is 16.6. The van der Waals surface area contributed by atoms with Crippen molar-refractivity contribution in [2.45, 2.75) is 33.1 Å². The number of nitrogens with zero attached hydrogens (tertiary/aromatic N) is 2. The fraction of sp³-hybridized carbons (Fsp3) is 0.333. The number of aromatic amines is 1. The van der Waals surface area contributed by atoms with E-state index in [1.54, 1.807) is 19.1 Å². The number of hydrogen-bond donors (Lipinski definition) is 1. The molecule has 21 heavy (non-hydrogen) atoms. The van der Waals surface area contributed by atoms with Gasteiger partial charge in [-0.3, -0.25) is 14.9 Å². The smallest absolute Gasteiger partial charge is 0.269 e. The number of benzene rings is 1. The first kappa shape index (κ1) is 14.9. The number of nitro benzene ring substituents is 1. The van der Waals surface area contributed by atoms with Crippen LogP contribution in [0.15, 0.2) is 29.1 Å². The van der Waals surface area contributed by atoms with Crippen LogP contribution in [0.5, 0.6) is 0 Å². The second-order valence-corrected chi connectivity index (χ2v) is 4.93. The molecule has 0 amide bonds. The van der Waals surface area contributed by atoms with Gasteiger partial charge in [-0.1, -0.05) is 25.5 Å². The normalized spacial score (nSPS) is 10.6. The van der Waals surface area contributed by atoms with Gasteiger partial charge in [0.15, 0.2) is 0 Å². The Morgan fingerprint density at radius 1 is 1.29 bits per heavy atom. The third-order valence-electron chi connectivity index (χ3n) is 3.23. The Labute approximate surface area is 122 Å². The predicted molar refractivity (Wildman–Crippen MR) is 79.5 cm³/mol. The molecular formula is C15H17N3O3. The van der Waals surface area contributed by atoms with Crippen LogP contribution >= 0.6 is 0 Å². The van der Waals surface area contributed by atoms with Crippen LogP contribution in [0, 0.1) is 17.0 Å². The van der Waals surface area contributed by atoms with E-state index in [0.29, 0.717) is 17.8 Å². The van der Waals surface area contributed by atoms with E-state index in [1.807, 2.05) is 6.92 Å². The minimum absolute atomic E-state index is 0.0449. The summed E-state index contributed by atoms with van der Waals surface area (Å²) in [5.41, 5.74) is 2.20. The maximum Gasteiger partial charge on any atom is 0.269 e. The van der Waals surface area contributed by atoms with Gasteiger partial charge < -0.3 is 4.98 Å². The Morgan fingerprint density at radius 3 is 2.52 bits per heavy atom. The van der Waals surface area contributed by atoms with E-state index in [1.165, 1.54) is 12.1 Å². The number of aryl methyl sites for hydroxylation is 2. The molecule has 0 saturated heterocycles. The second kappa shape index (κ2) is 6.30. The summed E-state index contributed by atoms with van der Waals surface area (Å²) in [4.78, 5) is 29.4. The summed E-state index contributed by atoms with van der Waals surface area (Å²) < 4.78 is 0. The maximum absolute atomic E-state index is 12.1. The molecule has 1 aromatic heterocycles. The molecule has 0 saturated carbocycles. The summed E-state index contributed by atoms with van der Waals surface area (Å²) in [6.45, 7) is 3.80. The van der Waals surface area contributed by atoms with Gasteiger partial charge in [0.25, 0.3) is 11.2 Å². The van der Waals surface area contributed by atoms with Crippen molar-refractivity contribution < 1.29 is 4.92 Å². The lowest BCUT2D eigenvalue weighted by Gasteiger charge is -2.08. The molecule has 0 spiro atoms. The number of non-ortho nitro benzene ring substituents is 1. The van der Waals surface area contributed by atoms with Gasteiger partial charge in [-0.05, 0) is 18.9 Å². The molecule has 0 fully saturated rings. The molecule has 0 radical (unpaired) electrons. The second-order valence-electron chi connectivity index (χ2n) is 4.93. The van der Waals surface area contributed by atoms with E-state index in [9.17, 15) is 14.9 Å². The first-order valence-corrected chi connectivity index (χ1v) is 6.83. The highest BCUT2D eigenvalue weighted by molar-refractivity contribution is 5.35. The molecule has 0 aliphatic heterocycles. The van der Waals surface area contributed by atoms with Crippen molar-refractivity contribution in [2.75, 3.05) is 0 Å². The van der Waals surface area contributed by atoms with Crippen molar-refractivity contribution in [1.29, 1.82) is 0 Å². The molecule has 1 aromatic carbocycles. The largest absolute Gasteiger partial charge is 0.311 e. The van der Waals surface area contributed by atoms with Gasteiger partial charge in [0.05, 0.1) is 10.6 Å². The highest BCUT2D eigenvalue weighted by Gasteiger charge is 2.11. The van der Waals surface area contributed by atoms with Crippen LogP contribution in [0.4, 0.5) is 5.69 Å². The van der Waals surface area contributed by atoms with E-state index in [2.05, 4.69) is 9.97 Å². The van der Waals surface area contributed by atoms with Crippen LogP contribution in [0.3, 0.4) is 0 Å². The fourth-order valence-electron chi connectivity index (χ4n) is 2.23. The number of H-pyrrole nitrogens is 1. The third-order valence-corrected chi connectivity index (χ3v) is 3.23. The first-order chi connectivity index (χ1) is 10.0. The fourth-order valence-corrected chi connectivity index (χ4v) is 2.23. The molecule has 1 heterocycles. The molecular weight excluding hydrogens is 270 g/mol. The van der Waals surface area contributed by atoms with E-state index >= 15 is 0 Å². The van der Waals surface area contributed by atoms with E-state index in [0.717, 1.165) is 24.1 Å². The van der Waals surface area contributed by atoms with E-state index < -0.39 is 4.92 Å². The summed E-state index contributed by atoms with van der Waals surface area (Å²) >= 11 is 0. The third kappa shape index (κ3) is 3.53. The van der Waals surface area contributed by atoms with Crippen LogP contribution in [0.1, 0.15) is 36.0 Å². The quantitative estimate of drug-likeness (QED) is 0.676. The van der Waals surface area contributed by atoms with Crippen LogP contribution < -0.4 is 5.56 Å². The number of aromatic nitrogens is 2. The molecule has 0 aliphatic rings. The molecule has 1 N–H and O–H groups in total. The Balaban J connectivity index is 2.34.